The van der Waals surface area contributed by atoms with Crippen LogP contribution in [0.5, 0.6) is 0 Å². The van der Waals surface area contributed by atoms with Crippen LogP contribution in [0.2, 0.25) is 0 Å². The van der Waals surface area contributed by atoms with Gasteiger partial charge in [-0.25, -0.2) is 4.68 Å². The molecule has 0 unspecified atom stereocenters. The van der Waals surface area contributed by atoms with Crippen molar-refractivity contribution in [1.29, 1.82) is 0 Å². The number of nitrogens with one attached hydrogen (secondary N) is 1. The minimum Gasteiger partial charge on any atom is -0.381 e. The van der Waals surface area contributed by atoms with E-state index in [2.05, 4.69) is 34.7 Å². The first-order valence-corrected chi connectivity index (χ1v) is 6.77. The van der Waals surface area contributed by atoms with Crippen molar-refractivity contribution in [2.45, 2.75) is 46.2 Å². The molecule has 0 aromatic carbocycles. The second kappa shape index (κ2) is 6.24. The summed E-state index contributed by atoms with van der Waals surface area (Å²) in [6, 6.07) is 0. The average Bonchev–Trinajstić information content (AvgIpc) is 2.77. The van der Waals surface area contributed by atoms with E-state index in [-0.39, 0.29) is 5.41 Å². The summed E-state index contributed by atoms with van der Waals surface area (Å²) in [4.78, 5) is 0. The molecule has 0 saturated carbocycles. The molecule has 0 aliphatic carbocycles. The van der Waals surface area contributed by atoms with Crippen LogP contribution in [0.1, 0.15) is 38.9 Å². The van der Waals surface area contributed by atoms with Gasteiger partial charge in [-0.1, -0.05) is 13.8 Å². The predicted octanol–water partition coefficient (Wildman–Crippen LogP) is 0.989. The standard InChI is InChI=1S/C12H23N5O/c1-3-6-13-9-11-14-15-16-17(11)10-12(2)4-7-18-8-5-12/h13H,3-10H2,1-2H3. The molecule has 0 bridgehead atoms. The zero-order valence-corrected chi connectivity index (χ0v) is 11.4. The average molecular weight is 253 g/mol. The molecule has 1 saturated heterocycles. The lowest BCUT2D eigenvalue weighted by Crippen LogP contribution is -2.32. The molecule has 1 N–H and O–H groups in total. The van der Waals surface area contributed by atoms with Crippen LogP contribution in [-0.2, 0) is 17.8 Å². The largest absolute Gasteiger partial charge is 0.381 e. The zero-order chi connectivity index (χ0) is 12.8. The summed E-state index contributed by atoms with van der Waals surface area (Å²) >= 11 is 0. The second-order valence-electron chi connectivity index (χ2n) is 5.35. The molecule has 1 aromatic heterocycles. The van der Waals surface area contributed by atoms with Gasteiger partial charge >= 0.3 is 0 Å². The van der Waals surface area contributed by atoms with Crippen molar-refractivity contribution in [2.24, 2.45) is 5.41 Å². The highest BCUT2D eigenvalue weighted by Crippen LogP contribution is 2.31. The van der Waals surface area contributed by atoms with E-state index >= 15 is 0 Å². The summed E-state index contributed by atoms with van der Waals surface area (Å²) in [7, 11) is 0. The van der Waals surface area contributed by atoms with Crippen molar-refractivity contribution in [1.82, 2.24) is 25.5 Å². The Morgan fingerprint density at radius 2 is 2.17 bits per heavy atom. The Kier molecular flexibility index (Phi) is 4.66. The highest BCUT2D eigenvalue weighted by Gasteiger charge is 2.29. The van der Waals surface area contributed by atoms with Gasteiger partial charge in [-0.15, -0.1) is 5.10 Å². The van der Waals surface area contributed by atoms with Crippen LogP contribution >= 0.6 is 0 Å². The molecule has 18 heavy (non-hydrogen) atoms. The Morgan fingerprint density at radius 3 is 2.89 bits per heavy atom. The van der Waals surface area contributed by atoms with Gasteiger partial charge in [0.2, 0.25) is 0 Å². The molecule has 102 valence electrons. The molecule has 6 nitrogen and oxygen atoms in total. The number of hydrogen-bond acceptors (Lipinski definition) is 5. The number of ether oxygens (including phenoxy) is 1. The smallest absolute Gasteiger partial charge is 0.165 e. The van der Waals surface area contributed by atoms with E-state index in [1.807, 2.05) is 4.68 Å². The summed E-state index contributed by atoms with van der Waals surface area (Å²) in [5.41, 5.74) is 0.257. The van der Waals surface area contributed by atoms with E-state index in [4.69, 9.17) is 4.74 Å². The van der Waals surface area contributed by atoms with Crippen LogP contribution < -0.4 is 5.32 Å². The lowest BCUT2D eigenvalue weighted by atomic mass is 9.82. The summed E-state index contributed by atoms with van der Waals surface area (Å²) in [6.07, 6.45) is 3.28. The summed E-state index contributed by atoms with van der Waals surface area (Å²) in [5.74, 6) is 0.927. The molecule has 6 heteroatoms. The monoisotopic (exact) mass is 253 g/mol. The minimum absolute atomic E-state index is 0.257. The van der Waals surface area contributed by atoms with E-state index in [9.17, 15) is 0 Å². The fraction of sp³-hybridized carbons (Fsp3) is 0.917. The Morgan fingerprint density at radius 1 is 1.39 bits per heavy atom. The van der Waals surface area contributed by atoms with Crippen LogP contribution in [0.3, 0.4) is 0 Å². The maximum absolute atomic E-state index is 5.42. The van der Waals surface area contributed by atoms with Crippen molar-refractivity contribution >= 4 is 0 Å². The molecule has 2 heterocycles. The maximum Gasteiger partial charge on any atom is 0.165 e. The first-order chi connectivity index (χ1) is 8.73. The molecule has 2 rings (SSSR count). The highest BCUT2D eigenvalue weighted by molar-refractivity contribution is 4.85. The van der Waals surface area contributed by atoms with Crippen molar-refractivity contribution in [2.75, 3.05) is 19.8 Å². The van der Waals surface area contributed by atoms with Crippen LogP contribution in [-0.4, -0.2) is 40.0 Å². The lowest BCUT2D eigenvalue weighted by Gasteiger charge is -2.33. The van der Waals surface area contributed by atoms with Gasteiger partial charge in [0.15, 0.2) is 5.82 Å². The van der Waals surface area contributed by atoms with E-state index in [1.54, 1.807) is 0 Å². The summed E-state index contributed by atoms with van der Waals surface area (Å²) < 4.78 is 7.36. The molecule has 1 fully saturated rings. The predicted molar refractivity (Wildman–Crippen MR) is 68.0 cm³/mol. The van der Waals surface area contributed by atoms with Gasteiger partial charge in [-0.05, 0) is 41.6 Å². The number of rotatable bonds is 6. The maximum atomic E-state index is 5.42. The fourth-order valence-electron chi connectivity index (χ4n) is 2.23. The highest BCUT2D eigenvalue weighted by atomic mass is 16.5. The molecule has 0 radical (unpaired) electrons. The Labute approximate surface area is 108 Å². The molecule has 0 spiro atoms. The molecular weight excluding hydrogens is 230 g/mol. The van der Waals surface area contributed by atoms with E-state index in [0.717, 1.165) is 57.9 Å². The normalized spacial score (nSPS) is 19.0. The Bertz CT molecular complexity index is 359. The number of aromatic nitrogens is 4. The van der Waals surface area contributed by atoms with Gasteiger partial charge in [0.25, 0.3) is 0 Å². The molecule has 1 aromatic rings. The van der Waals surface area contributed by atoms with Crippen molar-refractivity contribution in [3.63, 3.8) is 0 Å². The van der Waals surface area contributed by atoms with Gasteiger partial charge in [0.1, 0.15) is 0 Å². The van der Waals surface area contributed by atoms with Gasteiger partial charge < -0.3 is 10.1 Å². The second-order valence-corrected chi connectivity index (χ2v) is 5.35. The van der Waals surface area contributed by atoms with Gasteiger partial charge in [0, 0.05) is 13.2 Å². The van der Waals surface area contributed by atoms with Crippen LogP contribution in [0.25, 0.3) is 0 Å². The SMILES string of the molecule is CCCNCc1nnnn1CC1(C)CCOCC1. The van der Waals surface area contributed by atoms with Crippen LogP contribution in [0.15, 0.2) is 0 Å². The summed E-state index contributed by atoms with van der Waals surface area (Å²) in [5, 5.41) is 15.3. The van der Waals surface area contributed by atoms with Crippen molar-refractivity contribution < 1.29 is 4.74 Å². The van der Waals surface area contributed by atoms with Crippen molar-refractivity contribution in [3.05, 3.63) is 5.82 Å². The molecular formula is C12H23N5O. The molecule has 1 aliphatic rings. The van der Waals surface area contributed by atoms with E-state index in [1.165, 1.54) is 0 Å². The van der Waals surface area contributed by atoms with Crippen LogP contribution in [0, 0.1) is 5.41 Å². The number of tetrazole rings is 1. The van der Waals surface area contributed by atoms with E-state index < -0.39 is 0 Å². The third-order valence-electron chi connectivity index (χ3n) is 3.55. The molecule has 1 aliphatic heterocycles. The summed E-state index contributed by atoms with van der Waals surface area (Å²) in [6.45, 7) is 8.77. The Balaban J connectivity index is 1.93. The van der Waals surface area contributed by atoms with Gasteiger partial charge in [-0.2, -0.15) is 0 Å². The topological polar surface area (TPSA) is 64.9 Å². The zero-order valence-electron chi connectivity index (χ0n) is 11.4. The van der Waals surface area contributed by atoms with E-state index in [0.29, 0.717) is 0 Å². The van der Waals surface area contributed by atoms with Gasteiger partial charge in [0.05, 0.1) is 13.1 Å². The minimum atomic E-state index is 0.257. The quantitative estimate of drug-likeness (QED) is 0.766. The first-order valence-electron chi connectivity index (χ1n) is 6.77. The van der Waals surface area contributed by atoms with Gasteiger partial charge in [-0.3, -0.25) is 0 Å². The molecule has 0 amide bonds. The third-order valence-corrected chi connectivity index (χ3v) is 3.55. The molecule has 0 atom stereocenters. The number of hydrogen-bond donors (Lipinski definition) is 1. The fourth-order valence-corrected chi connectivity index (χ4v) is 2.23. The van der Waals surface area contributed by atoms with Crippen molar-refractivity contribution in [3.8, 4) is 0 Å². The van der Waals surface area contributed by atoms with Crippen LogP contribution in [0.4, 0.5) is 0 Å². The number of nitrogens with zero attached hydrogens (tertiary/aromatic N) is 4. The third kappa shape index (κ3) is 3.49. The lowest BCUT2D eigenvalue weighted by molar-refractivity contribution is 0.0131. The first kappa shape index (κ1) is 13.4. The Hall–Kier alpha value is -1.01.